The number of amides is 8. The predicted molar refractivity (Wildman–Crippen MR) is 229 cm³/mol. The van der Waals surface area contributed by atoms with Gasteiger partial charge in [-0.15, -0.1) is 0 Å². The first-order valence-corrected chi connectivity index (χ1v) is 21.1. The Morgan fingerprint density at radius 1 is 0.820 bits per heavy atom. The van der Waals surface area contributed by atoms with Gasteiger partial charge in [-0.1, -0.05) is 94.8 Å². The van der Waals surface area contributed by atoms with E-state index in [1.807, 2.05) is 69.3 Å². The fourth-order valence-corrected chi connectivity index (χ4v) is 6.97. The highest BCUT2D eigenvalue weighted by Gasteiger charge is 2.37. The number of carboxylic acids is 1. The molecule has 2 aromatic rings. The summed E-state index contributed by atoms with van der Waals surface area (Å²) in [6, 6.07) is 10.0. The van der Waals surface area contributed by atoms with E-state index >= 15 is 0 Å². The van der Waals surface area contributed by atoms with Crippen LogP contribution in [0.1, 0.15) is 83.8 Å². The first kappa shape index (κ1) is 49.4. The van der Waals surface area contributed by atoms with Crippen LogP contribution in [0.3, 0.4) is 0 Å². The molecule has 3 rings (SSSR count). The SMILES string of the molecule is CCC(C)C1NC(=O)C(NC(=O)NC(CC(C)C)C(=O)O)CCCCNC(=O)C(Cc2ccccc2)N(C)C(=O)C(CC(=O)NC)NC(=O)C(CCc2ccccc2)NC1=O. The van der Waals surface area contributed by atoms with Gasteiger partial charge in [0, 0.05) is 27.1 Å². The number of aryl methyl sites for hydroxylation is 1. The lowest BCUT2D eigenvalue weighted by molar-refractivity contribution is -0.143. The molecule has 8 amide bonds. The van der Waals surface area contributed by atoms with E-state index in [2.05, 4.69) is 37.2 Å². The average Bonchev–Trinajstić information content (AvgIpc) is 3.24. The molecule has 0 saturated carbocycles. The highest BCUT2D eigenvalue weighted by Crippen LogP contribution is 2.15. The van der Waals surface area contributed by atoms with Crippen molar-refractivity contribution in [1.82, 2.24) is 42.1 Å². The Balaban J connectivity index is 2.07. The zero-order valence-corrected chi connectivity index (χ0v) is 36.1. The molecule has 334 valence electrons. The van der Waals surface area contributed by atoms with Crippen molar-refractivity contribution in [1.29, 1.82) is 0 Å². The van der Waals surface area contributed by atoms with Crippen LogP contribution in [0.15, 0.2) is 60.7 Å². The van der Waals surface area contributed by atoms with E-state index in [-0.39, 0.29) is 38.1 Å². The van der Waals surface area contributed by atoms with E-state index in [1.54, 1.807) is 19.1 Å². The van der Waals surface area contributed by atoms with Crippen LogP contribution in [0.25, 0.3) is 0 Å². The molecule has 8 N–H and O–H groups in total. The molecule has 1 fully saturated rings. The topological polar surface area (TPSA) is 244 Å². The molecule has 7 unspecified atom stereocenters. The molecule has 1 aliphatic heterocycles. The summed E-state index contributed by atoms with van der Waals surface area (Å²) in [6.07, 6.45) is 1.35. The minimum absolute atomic E-state index is 0.0549. The molecule has 0 aliphatic carbocycles. The number of benzene rings is 2. The molecule has 17 heteroatoms. The lowest BCUT2D eigenvalue weighted by atomic mass is 9.96. The Kier molecular flexibility index (Phi) is 20.2. The van der Waals surface area contributed by atoms with Gasteiger partial charge in [-0.2, -0.15) is 0 Å². The van der Waals surface area contributed by atoms with E-state index in [0.29, 0.717) is 25.7 Å². The number of carbonyl (C=O) groups excluding carboxylic acids is 7. The van der Waals surface area contributed by atoms with Crippen molar-refractivity contribution in [3.8, 4) is 0 Å². The van der Waals surface area contributed by atoms with Crippen LogP contribution in [-0.4, -0.2) is 114 Å². The second-order valence-electron chi connectivity index (χ2n) is 16.0. The second kappa shape index (κ2) is 24.9. The molecule has 0 spiro atoms. The van der Waals surface area contributed by atoms with Crippen LogP contribution in [-0.2, 0) is 46.4 Å². The molecular formula is C44H64N8O9. The van der Waals surface area contributed by atoms with Crippen LogP contribution in [0.4, 0.5) is 4.79 Å². The van der Waals surface area contributed by atoms with E-state index < -0.39 is 96.0 Å². The van der Waals surface area contributed by atoms with Crippen LogP contribution in [0.2, 0.25) is 0 Å². The van der Waals surface area contributed by atoms with Gasteiger partial charge in [-0.05, 0) is 61.5 Å². The third-order valence-corrected chi connectivity index (χ3v) is 10.8. The predicted octanol–water partition coefficient (Wildman–Crippen LogP) is 1.79. The Morgan fingerprint density at radius 2 is 1.44 bits per heavy atom. The summed E-state index contributed by atoms with van der Waals surface area (Å²) in [5.41, 5.74) is 1.62. The Hall–Kier alpha value is -6.00. The first-order chi connectivity index (χ1) is 29.0. The minimum atomic E-state index is -1.42. The van der Waals surface area contributed by atoms with Gasteiger partial charge in [-0.3, -0.25) is 28.8 Å². The second-order valence-corrected chi connectivity index (χ2v) is 16.0. The quantitative estimate of drug-likeness (QED) is 0.138. The first-order valence-electron chi connectivity index (χ1n) is 21.1. The smallest absolute Gasteiger partial charge is 0.326 e. The number of carbonyl (C=O) groups is 8. The van der Waals surface area contributed by atoms with Crippen molar-refractivity contribution in [3.05, 3.63) is 71.8 Å². The highest BCUT2D eigenvalue weighted by molar-refractivity contribution is 5.98. The van der Waals surface area contributed by atoms with Crippen molar-refractivity contribution >= 4 is 47.4 Å². The largest absolute Gasteiger partial charge is 0.480 e. The minimum Gasteiger partial charge on any atom is -0.480 e. The van der Waals surface area contributed by atoms with E-state index in [0.717, 1.165) is 11.1 Å². The molecule has 17 nitrogen and oxygen atoms in total. The third kappa shape index (κ3) is 16.2. The van der Waals surface area contributed by atoms with Gasteiger partial charge in [0.05, 0.1) is 6.42 Å². The summed E-state index contributed by atoms with van der Waals surface area (Å²) in [4.78, 5) is 110. The van der Waals surface area contributed by atoms with Crippen molar-refractivity contribution in [2.24, 2.45) is 11.8 Å². The molecule has 7 atom stereocenters. The number of nitrogens with zero attached hydrogens (tertiary/aromatic N) is 1. The molecule has 0 aromatic heterocycles. The summed E-state index contributed by atoms with van der Waals surface area (Å²) in [7, 11) is 2.83. The maximum atomic E-state index is 14.3. The molecule has 61 heavy (non-hydrogen) atoms. The summed E-state index contributed by atoms with van der Waals surface area (Å²) in [6.45, 7) is 7.33. The Morgan fingerprint density at radius 3 is 2.03 bits per heavy atom. The van der Waals surface area contributed by atoms with Gasteiger partial charge < -0.3 is 47.2 Å². The van der Waals surface area contributed by atoms with Crippen LogP contribution < -0.4 is 37.2 Å². The van der Waals surface area contributed by atoms with Gasteiger partial charge >= 0.3 is 12.0 Å². The maximum Gasteiger partial charge on any atom is 0.326 e. The lowest BCUT2D eigenvalue weighted by Crippen LogP contribution is -2.61. The normalized spacial score (nSPS) is 22.2. The monoisotopic (exact) mass is 848 g/mol. The zero-order chi connectivity index (χ0) is 45.1. The molecule has 2 aromatic carbocycles. The number of carboxylic acid groups (broad SMARTS) is 1. The zero-order valence-electron chi connectivity index (χ0n) is 36.1. The van der Waals surface area contributed by atoms with Crippen molar-refractivity contribution in [2.45, 2.75) is 122 Å². The summed E-state index contributed by atoms with van der Waals surface area (Å²) < 4.78 is 0. The van der Waals surface area contributed by atoms with Crippen molar-refractivity contribution in [2.75, 3.05) is 20.6 Å². The number of urea groups is 1. The molecule has 1 saturated heterocycles. The number of hydrogen-bond donors (Lipinski definition) is 8. The van der Waals surface area contributed by atoms with E-state index in [1.165, 1.54) is 19.0 Å². The van der Waals surface area contributed by atoms with E-state index in [4.69, 9.17) is 0 Å². The van der Waals surface area contributed by atoms with Crippen molar-refractivity contribution < 1.29 is 43.5 Å². The van der Waals surface area contributed by atoms with Gasteiger partial charge in [-0.25, -0.2) is 9.59 Å². The standard InChI is InChI=1S/C44H64N8O9/c1-7-28(4)37-41(57)47-32(22-21-29-16-10-8-11-17-29)38(54)48-33(26-36(53)45-5)42(58)52(6)35(25-30-18-12-9-13-19-30)40(56)46-23-15-14-20-31(39(55)51-37)49-44(61)50-34(43(59)60)24-27(2)3/h8-13,16-19,27-28,31-35,37H,7,14-15,20-26H2,1-6H3,(H,45,53)(H,46,56)(H,47,57)(H,48,54)(H,51,55)(H,59,60)(H2,49,50,61). The van der Waals surface area contributed by atoms with Gasteiger partial charge in [0.15, 0.2) is 0 Å². The van der Waals surface area contributed by atoms with Crippen LogP contribution in [0.5, 0.6) is 0 Å². The van der Waals surface area contributed by atoms with Crippen LogP contribution >= 0.6 is 0 Å². The maximum absolute atomic E-state index is 14.3. The van der Waals surface area contributed by atoms with Crippen molar-refractivity contribution in [3.63, 3.8) is 0 Å². The molecule has 0 radical (unpaired) electrons. The van der Waals surface area contributed by atoms with Gasteiger partial charge in [0.25, 0.3) is 0 Å². The fourth-order valence-electron chi connectivity index (χ4n) is 6.97. The number of likely N-dealkylation sites (N-methyl/N-ethyl adjacent to an activating group) is 1. The Labute approximate surface area is 358 Å². The summed E-state index contributed by atoms with van der Waals surface area (Å²) in [5.74, 6) is -5.65. The fraction of sp³-hybridized carbons (Fsp3) is 0.545. The van der Waals surface area contributed by atoms with Gasteiger partial charge in [0.2, 0.25) is 35.4 Å². The molecular weight excluding hydrogens is 785 g/mol. The Bertz CT molecular complexity index is 1800. The molecule has 1 aliphatic rings. The molecule has 0 bridgehead atoms. The lowest BCUT2D eigenvalue weighted by Gasteiger charge is -2.32. The number of rotatable bonds is 14. The van der Waals surface area contributed by atoms with Gasteiger partial charge in [0.1, 0.15) is 36.3 Å². The highest BCUT2D eigenvalue weighted by atomic mass is 16.4. The molecule has 1 heterocycles. The van der Waals surface area contributed by atoms with Crippen LogP contribution in [0, 0.1) is 11.8 Å². The number of nitrogens with one attached hydrogen (secondary N) is 7. The third-order valence-electron chi connectivity index (χ3n) is 10.8. The van der Waals surface area contributed by atoms with E-state index in [9.17, 15) is 43.5 Å². The average molecular weight is 849 g/mol. The summed E-state index contributed by atoms with van der Waals surface area (Å²) >= 11 is 0. The number of aliphatic carboxylic acids is 1. The summed E-state index contributed by atoms with van der Waals surface area (Å²) in [5, 5.41) is 28.4. The number of hydrogen-bond acceptors (Lipinski definition) is 8.